The average molecular weight is 236 g/mol. The largest absolute Gasteiger partial charge is 0.473 e. The SMILES string of the molecule is CCNC[C@H](C)Oc1cc(C(C)(C)C)ccn1. The van der Waals surface area contributed by atoms with Crippen LogP contribution in [0.3, 0.4) is 0 Å². The highest BCUT2D eigenvalue weighted by molar-refractivity contribution is 5.26. The molecule has 0 aliphatic carbocycles. The normalized spacial score (nSPS) is 13.5. The van der Waals surface area contributed by atoms with Crippen LogP contribution in [0.4, 0.5) is 0 Å². The molecule has 1 atom stereocenters. The summed E-state index contributed by atoms with van der Waals surface area (Å²) in [5, 5.41) is 3.26. The summed E-state index contributed by atoms with van der Waals surface area (Å²) in [6.45, 7) is 12.5. The Bertz CT molecular complexity index is 344. The number of hydrogen-bond acceptors (Lipinski definition) is 3. The van der Waals surface area contributed by atoms with Gasteiger partial charge in [0.25, 0.3) is 0 Å². The Morgan fingerprint density at radius 1 is 1.41 bits per heavy atom. The fourth-order valence-electron chi connectivity index (χ4n) is 1.54. The Labute approximate surface area is 105 Å². The third-order valence-corrected chi connectivity index (χ3v) is 2.60. The summed E-state index contributed by atoms with van der Waals surface area (Å²) in [6, 6.07) is 4.07. The molecule has 0 fully saturated rings. The zero-order valence-corrected chi connectivity index (χ0v) is 11.6. The first-order valence-corrected chi connectivity index (χ1v) is 6.27. The molecule has 0 spiro atoms. The van der Waals surface area contributed by atoms with Gasteiger partial charge < -0.3 is 10.1 Å². The van der Waals surface area contributed by atoms with E-state index in [1.807, 2.05) is 25.3 Å². The summed E-state index contributed by atoms with van der Waals surface area (Å²) in [6.07, 6.45) is 1.95. The lowest BCUT2D eigenvalue weighted by molar-refractivity contribution is 0.209. The Balaban J connectivity index is 2.66. The minimum Gasteiger partial charge on any atom is -0.473 e. The van der Waals surface area contributed by atoms with Gasteiger partial charge in [-0.1, -0.05) is 27.7 Å². The number of pyridine rings is 1. The summed E-state index contributed by atoms with van der Waals surface area (Å²) >= 11 is 0. The van der Waals surface area contributed by atoms with Gasteiger partial charge in [-0.2, -0.15) is 0 Å². The number of likely N-dealkylation sites (N-methyl/N-ethyl adjacent to an activating group) is 1. The van der Waals surface area contributed by atoms with Crippen LogP contribution in [0.5, 0.6) is 5.88 Å². The number of nitrogens with one attached hydrogen (secondary N) is 1. The third-order valence-electron chi connectivity index (χ3n) is 2.60. The molecule has 96 valence electrons. The summed E-state index contributed by atoms with van der Waals surface area (Å²) in [7, 11) is 0. The molecule has 3 heteroatoms. The summed E-state index contributed by atoms with van der Waals surface area (Å²) in [5.74, 6) is 0.711. The number of aromatic nitrogens is 1. The van der Waals surface area contributed by atoms with E-state index in [1.165, 1.54) is 5.56 Å². The Kier molecular flexibility index (Phi) is 4.94. The Hall–Kier alpha value is -1.09. The van der Waals surface area contributed by atoms with Crippen LogP contribution in [0.1, 0.15) is 40.2 Å². The monoisotopic (exact) mass is 236 g/mol. The summed E-state index contributed by atoms with van der Waals surface area (Å²) < 4.78 is 5.78. The molecule has 0 saturated heterocycles. The lowest BCUT2D eigenvalue weighted by atomic mass is 9.88. The van der Waals surface area contributed by atoms with E-state index >= 15 is 0 Å². The van der Waals surface area contributed by atoms with Gasteiger partial charge in [-0.25, -0.2) is 4.98 Å². The van der Waals surface area contributed by atoms with Crippen molar-refractivity contribution >= 4 is 0 Å². The first-order chi connectivity index (χ1) is 7.93. The van der Waals surface area contributed by atoms with Gasteiger partial charge in [0.15, 0.2) is 0 Å². The maximum atomic E-state index is 5.78. The maximum Gasteiger partial charge on any atom is 0.213 e. The highest BCUT2D eigenvalue weighted by atomic mass is 16.5. The quantitative estimate of drug-likeness (QED) is 0.853. The second kappa shape index (κ2) is 6.01. The predicted molar refractivity (Wildman–Crippen MR) is 71.6 cm³/mol. The molecule has 0 amide bonds. The average Bonchev–Trinajstić information content (AvgIpc) is 2.25. The molecule has 3 nitrogen and oxygen atoms in total. The van der Waals surface area contributed by atoms with Crippen LogP contribution in [-0.2, 0) is 5.41 Å². The van der Waals surface area contributed by atoms with Crippen molar-refractivity contribution in [3.8, 4) is 5.88 Å². The van der Waals surface area contributed by atoms with Gasteiger partial charge in [-0.05, 0) is 30.5 Å². The number of nitrogens with zero attached hydrogens (tertiary/aromatic N) is 1. The van der Waals surface area contributed by atoms with E-state index in [0.29, 0.717) is 5.88 Å². The molecule has 0 saturated carbocycles. The van der Waals surface area contributed by atoms with Crippen molar-refractivity contribution in [2.75, 3.05) is 13.1 Å². The number of rotatable bonds is 5. The summed E-state index contributed by atoms with van der Waals surface area (Å²) in [4.78, 5) is 4.25. The summed E-state index contributed by atoms with van der Waals surface area (Å²) in [5.41, 5.74) is 1.38. The molecule has 1 heterocycles. The number of hydrogen-bond donors (Lipinski definition) is 1. The van der Waals surface area contributed by atoms with Crippen molar-refractivity contribution in [1.29, 1.82) is 0 Å². The standard InChI is InChI=1S/C14H24N2O/c1-6-15-10-11(2)17-13-9-12(7-8-16-13)14(3,4)5/h7-9,11,15H,6,10H2,1-5H3/t11-/m0/s1. The second-order valence-corrected chi connectivity index (χ2v) is 5.37. The van der Waals surface area contributed by atoms with Crippen molar-refractivity contribution in [1.82, 2.24) is 10.3 Å². The van der Waals surface area contributed by atoms with Crippen LogP contribution >= 0.6 is 0 Å². The van der Waals surface area contributed by atoms with E-state index in [9.17, 15) is 0 Å². The van der Waals surface area contributed by atoms with E-state index in [0.717, 1.165) is 13.1 Å². The van der Waals surface area contributed by atoms with E-state index in [4.69, 9.17) is 4.74 Å². The molecule has 1 aromatic heterocycles. The van der Waals surface area contributed by atoms with Gasteiger partial charge in [-0.3, -0.25) is 0 Å². The minimum atomic E-state index is 0.131. The molecule has 0 aliphatic heterocycles. The molecule has 0 radical (unpaired) electrons. The molecule has 0 aliphatic rings. The second-order valence-electron chi connectivity index (χ2n) is 5.37. The lowest BCUT2D eigenvalue weighted by Crippen LogP contribution is -2.29. The molecule has 1 aromatic rings. The third kappa shape index (κ3) is 4.73. The van der Waals surface area contributed by atoms with Crippen molar-refractivity contribution in [2.45, 2.75) is 46.1 Å². The molecule has 0 unspecified atom stereocenters. The first kappa shape index (κ1) is 14.0. The molecule has 0 bridgehead atoms. The van der Waals surface area contributed by atoms with Crippen molar-refractivity contribution < 1.29 is 4.74 Å². The van der Waals surface area contributed by atoms with Gasteiger partial charge >= 0.3 is 0 Å². The predicted octanol–water partition coefficient (Wildman–Crippen LogP) is 2.76. The van der Waals surface area contributed by atoms with Crippen LogP contribution in [0.15, 0.2) is 18.3 Å². The zero-order valence-electron chi connectivity index (χ0n) is 11.6. The van der Waals surface area contributed by atoms with E-state index in [2.05, 4.69) is 38.0 Å². The van der Waals surface area contributed by atoms with Crippen molar-refractivity contribution in [3.05, 3.63) is 23.9 Å². The van der Waals surface area contributed by atoms with E-state index in [-0.39, 0.29) is 11.5 Å². The Morgan fingerprint density at radius 3 is 2.71 bits per heavy atom. The lowest BCUT2D eigenvalue weighted by Gasteiger charge is -2.20. The van der Waals surface area contributed by atoms with Gasteiger partial charge in [0.05, 0.1) is 0 Å². The van der Waals surface area contributed by atoms with Gasteiger partial charge in [-0.15, -0.1) is 0 Å². The molecule has 17 heavy (non-hydrogen) atoms. The first-order valence-electron chi connectivity index (χ1n) is 6.27. The van der Waals surface area contributed by atoms with Gasteiger partial charge in [0.2, 0.25) is 5.88 Å². The highest BCUT2D eigenvalue weighted by Crippen LogP contribution is 2.24. The molecular formula is C14H24N2O. The maximum absolute atomic E-state index is 5.78. The van der Waals surface area contributed by atoms with Crippen molar-refractivity contribution in [2.24, 2.45) is 0 Å². The smallest absolute Gasteiger partial charge is 0.213 e. The topological polar surface area (TPSA) is 34.1 Å². The van der Waals surface area contributed by atoms with Gasteiger partial charge in [0, 0.05) is 18.8 Å². The van der Waals surface area contributed by atoms with Crippen molar-refractivity contribution in [3.63, 3.8) is 0 Å². The van der Waals surface area contributed by atoms with Crippen LogP contribution in [0.25, 0.3) is 0 Å². The molecule has 1 N–H and O–H groups in total. The highest BCUT2D eigenvalue weighted by Gasteiger charge is 2.15. The van der Waals surface area contributed by atoms with Crippen LogP contribution in [-0.4, -0.2) is 24.2 Å². The molecular weight excluding hydrogens is 212 g/mol. The van der Waals surface area contributed by atoms with E-state index in [1.54, 1.807) is 0 Å². The zero-order chi connectivity index (χ0) is 12.9. The van der Waals surface area contributed by atoms with Gasteiger partial charge in [0.1, 0.15) is 6.10 Å². The van der Waals surface area contributed by atoms with E-state index < -0.39 is 0 Å². The molecule has 1 rings (SSSR count). The van der Waals surface area contributed by atoms with Crippen LogP contribution < -0.4 is 10.1 Å². The van der Waals surface area contributed by atoms with Crippen LogP contribution in [0.2, 0.25) is 0 Å². The fraction of sp³-hybridized carbons (Fsp3) is 0.643. The Morgan fingerprint density at radius 2 is 2.12 bits per heavy atom. The van der Waals surface area contributed by atoms with Crippen LogP contribution in [0, 0.1) is 0 Å². The molecule has 0 aromatic carbocycles. The fourth-order valence-corrected chi connectivity index (χ4v) is 1.54. The number of ether oxygens (including phenoxy) is 1. The minimum absolute atomic E-state index is 0.131.